The summed E-state index contributed by atoms with van der Waals surface area (Å²) in [5, 5.41) is 0. The van der Waals surface area contributed by atoms with Gasteiger partial charge in [0.2, 0.25) is 0 Å². The molecule has 0 spiro atoms. The van der Waals surface area contributed by atoms with Crippen LogP contribution in [0.3, 0.4) is 0 Å². The van der Waals surface area contributed by atoms with E-state index in [1.54, 1.807) is 0 Å². The van der Waals surface area contributed by atoms with Gasteiger partial charge in [-0.25, -0.2) is 0 Å². The number of hydrogen-bond donors (Lipinski definition) is 1. The molecule has 0 bridgehead atoms. The van der Waals surface area contributed by atoms with E-state index in [4.69, 9.17) is 4.57 Å². The van der Waals surface area contributed by atoms with Crippen LogP contribution in [0.5, 0.6) is 0 Å². The van der Waals surface area contributed by atoms with Crippen LogP contribution in [0.25, 0.3) is 0 Å². The van der Waals surface area contributed by atoms with Crippen molar-refractivity contribution in [3.63, 3.8) is 0 Å². The molecular formula is C2H6NOP. The molecule has 0 aromatic carbocycles. The predicted molar refractivity (Wildman–Crippen MR) is 22.8 cm³/mol. The molecule has 3 heteroatoms. The highest BCUT2D eigenvalue weighted by Gasteiger charge is 1.41. The fourth-order valence-electron chi connectivity index (χ4n) is 0. The highest BCUT2D eigenvalue weighted by atomic mass is 31.1. The van der Waals surface area contributed by atoms with Gasteiger partial charge < -0.3 is 6.15 Å². The summed E-state index contributed by atoms with van der Waals surface area (Å²) >= 11 is 0. The van der Waals surface area contributed by atoms with Crippen LogP contribution in [0, 0.1) is 0 Å². The molecule has 0 aliphatic rings. The lowest BCUT2D eigenvalue weighted by molar-refractivity contribution is 0.603. The van der Waals surface area contributed by atoms with Crippen molar-refractivity contribution in [2.75, 3.05) is 0 Å². The summed E-state index contributed by atoms with van der Waals surface area (Å²) in [7, 11) is 0.0123. The molecule has 0 aromatic heterocycles. The van der Waals surface area contributed by atoms with E-state index in [2.05, 4.69) is 6.58 Å². The lowest BCUT2D eigenvalue weighted by atomic mass is 11.3. The van der Waals surface area contributed by atoms with E-state index in [-0.39, 0.29) is 14.6 Å². The first kappa shape index (κ1) is 8.84. The monoisotopic (exact) mass is 91.0 g/mol. The first-order valence-corrected chi connectivity index (χ1v) is 1.73. The quantitative estimate of drug-likeness (QED) is 0.498. The predicted octanol–water partition coefficient (Wildman–Crippen LogP) is 1.58. The molecule has 0 aliphatic heterocycles. The van der Waals surface area contributed by atoms with Gasteiger partial charge in [0, 0.05) is 0 Å². The second-order valence-electron chi connectivity index (χ2n) is 0.288. The van der Waals surface area contributed by atoms with Crippen molar-refractivity contribution in [1.29, 1.82) is 0 Å². The zero-order valence-electron chi connectivity index (χ0n) is 2.85. The van der Waals surface area contributed by atoms with Crippen LogP contribution in [0.15, 0.2) is 12.4 Å². The molecule has 0 aliphatic carbocycles. The van der Waals surface area contributed by atoms with Gasteiger partial charge >= 0.3 is 0 Å². The lowest BCUT2D eigenvalue weighted by Crippen LogP contribution is -1.02. The van der Waals surface area contributed by atoms with Crippen LogP contribution < -0.4 is 6.15 Å². The van der Waals surface area contributed by atoms with E-state index in [0.717, 1.165) is 0 Å². The van der Waals surface area contributed by atoms with Gasteiger partial charge in [0.1, 0.15) is 0 Å². The summed E-state index contributed by atoms with van der Waals surface area (Å²) in [4.78, 5) is 0. The van der Waals surface area contributed by atoms with Gasteiger partial charge in [-0.15, -0.1) is 0 Å². The minimum absolute atomic E-state index is 0. The van der Waals surface area contributed by atoms with Crippen LogP contribution >= 0.6 is 8.46 Å². The van der Waals surface area contributed by atoms with E-state index in [1.165, 1.54) is 5.82 Å². The molecule has 0 fully saturated rings. The number of hydrogen-bond acceptors (Lipinski definition) is 2. The summed E-state index contributed by atoms with van der Waals surface area (Å²) in [6, 6.07) is 0. The van der Waals surface area contributed by atoms with Crippen molar-refractivity contribution < 1.29 is 4.57 Å². The third-order valence-corrected chi connectivity index (χ3v) is 0.224. The molecule has 0 amide bonds. The second-order valence-corrected chi connectivity index (χ2v) is 0.864. The summed E-state index contributed by atoms with van der Waals surface area (Å²) in [6.07, 6.45) is 0. The Morgan fingerprint density at radius 1 is 1.80 bits per heavy atom. The Morgan fingerprint density at radius 3 is 2.00 bits per heavy atom. The maximum atomic E-state index is 9.15. The van der Waals surface area contributed by atoms with Gasteiger partial charge in [0.05, 0.1) is 0 Å². The third kappa shape index (κ3) is 19.2. The van der Waals surface area contributed by atoms with Gasteiger partial charge in [-0.3, -0.25) is 4.57 Å². The highest BCUT2D eigenvalue weighted by molar-refractivity contribution is 7.27. The maximum Gasteiger partial charge on any atom is 0.183 e. The highest BCUT2D eigenvalue weighted by Crippen LogP contribution is 1.84. The molecule has 30 valence electrons. The Balaban J connectivity index is 0. The first-order valence-electron chi connectivity index (χ1n) is 0.849. The topological polar surface area (TPSA) is 52.1 Å². The Bertz CT molecular complexity index is 30.6. The van der Waals surface area contributed by atoms with Gasteiger partial charge in [-0.2, -0.15) is 0 Å². The molecule has 0 rings (SSSR count). The molecule has 2 nitrogen and oxygen atoms in total. The van der Waals surface area contributed by atoms with Crippen molar-refractivity contribution >= 4 is 8.46 Å². The van der Waals surface area contributed by atoms with E-state index < -0.39 is 0 Å². The Kier molecular flexibility index (Phi) is 16.3. The van der Waals surface area contributed by atoms with E-state index in [9.17, 15) is 0 Å². The van der Waals surface area contributed by atoms with Crippen LogP contribution in [-0.2, 0) is 4.57 Å². The molecule has 0 heterocycles. The van der Waals surface area contributed by atoms with Crippen molar-refractivity contribution in [3.05, 3.63) is 12.4 Å². The SMILES string of the molecule is C=CP=O.N. The Morgan fingerprint density at radius 2 is 2.00 bits per heavy atom. The molecule has 0 radical (unpaired) electrons. The summed E-state index contributed by atoms with van der Waals surface area (Å²) < 4.78 is 9.15. The summed E-state index contributed by atoms with van der Waals surface area (Å²) in [5.41, 5.74) is 0. The smallest absolute Gasteiger partial charge is 0.183 e. The van der Waals surface area contributed by atoms with E-state index in [0.29, 0.717) is 0 Å². The summed E-state index contributed by atoms with van der Waals surface area (Å²) in [6.45, 7) is 3.15. The fraction of sp³-hybridized carbons (Fsp3) is 0. The van der Waals surface area contributed by atoms with Crippen LogP contribution in [0.4, 0.5) is 0 Å². The summed E-state index contributed by atoms with van der Waals surface area (Å²) in [5.74, 6) is 1.29. The van der Waals surface area contributed by atoms with Gasteiger partial charge in [-0.05, 0) is 5.82 Å². The molecule has 0 saturated heterocycles. The maximum absolute atomic E-state index is 9.15. The zero-order chi connectivity index (χ0) is 3.41. The van der Waals surface area contributed by atoms with E-state index in [1.807, 2.05) is 0 Å². The molecule has 0 atom stereocenters. The van der Waals surface area contributed by atoms with Crippen molar-refractivity contribution in [2.24, 2.45) is 0 Å². The van der Waals surface area contributed by atoms with Gasteiger partial charge in [0.25, 0.3) is 0 Å². The van der Waals surface area contributed by atoms with Crippen LogP contribution in [0.1, 0.15) is 0 Å². The molecule has 5 heavy (non-hydrogen) atoms. The Hall–Kier alpha value is -0.200. The average Bonchev–Trinajstić information content (AvgIpc) is 1.37. The minimum Gasteiger partial charge on any atom is -0.344 e. The first-order chi connectivity index (χ1) is 1.91. The van der Waals surface area contributed by atoms with Crippen LogP contribution in [-0.4, -0.2) is 0 Å². The molecule has 0 saturated carbocycles. The van der Waals surface area contributed by atoms with Gasteiger partial charge in [-0.1, -0.05) is 6.58 Å². The van der Waals surface area contributed by atoms with Crippen LogP contribution in [0.2, 0.25) is 0 Å². The zero-order valence-corrected chi connectivity index (χ0v) is 3.74. The minimum atomic E-state index is 0. The van der Waals surface area contributed by atoms with Crippen molar-refractivity contribution in [2.45, 2.75) is 0 Å². The fourth-order valence-corrected chi connectivity index (χ4v) is 0. The standard InChI is InChI=1S/C2H3OP.H3N/c1-2-4-3;/h2H,1H2;1H3. The molecule has 0 aromatic rings. The Labute approximate surface area is 32.7 Å². The molecule has 3 N–H and O–H groups in total. The number of rotatable bonds is 1. The van der Waals surface area contributed by atoms with Gasteiger partial charge in [0.15, 0.2) is 8.46 Å². The normalized spacial score (nSPS) is 5.60. The largest absolute Gasteiger partial charge is 0.344 e. The molecular weight excluding hydrogens is 85.0 g/mol. The average molecular weight is 91.0 g/mol. The molecule has 0 unspecified atom stereocenters. The second kappa shape index (κ2) is 9.20. The lowest BCUT2D eigenvalue weighted by Gasteiger charge is -1.34. The third-order valence-electron chi connectivity index (χ3n) is 0.0745. The van der Waals surface area contributed by atoms with Crippen molar-refractivity contribution in [3.8, 4) is 0 Å². The van der Waals surface area contributed by atoms with E-state index >= 15 is 0 Å². The van der Waals surface area contributed by atoms with Crippen molar-refractivity contribution in [1.82, 2.24) is 6.15 Å².